The van der Waals surface area contributed by atoms with E-state index in [1.807, 2.05) is 60.7 Å². The summed E-state index contributed by atoms with van der Waals surface area (Å²) in [7, 11) is -3.52. The fraction of sp³-hybridized carbons (Fsp3) is 0.265. The molecule has 44 heavy (non-hydrogen) atoms. The lowest BCUT2D eigenvalue weighted by atomic mass is 10.0. The molecule has 0 spiro atoms. The second-order valence-electron chi connectivity index (χ2n) is 10.8. The number of carbonyl (C=O) groups is 2. The summed E-state index contributed by atoms with van der Waals surface area (Å²) < 4.78 is 27.4. The monoisotopic (exact) mass is 630 g/mol. The number of hydrogen-bond acceptors (Lipinski definition) is 5. The highest BCUT2D eigenvalue weighted by molar-refractivity contribution is 7.89. The predicted octanol–water partition coefficient (Wildman–Crippen LogP) is 5.54. The van der Waals surface area contributed by atoms with Crippen molar-refractivity contribution in [2.75, 3.05) is 13.1 Å². The lowest BCUT2D eigenvalue weighted by molar-refractivity contribution is -0.141. The summed E-state index contributed by atoms with van der Waals surface area (Å²) in [5.74, 6) is -0.531. The summed E-state index contributed by atoms with van der Waals surface area (Å²) in [5, 5.41) is 3.55. The van der Waals surface area contributed by atoms with Crippen LogP contribution in [0.2, 0.25) is 5.02 Å². The molecule has 1 aromatic heterocycles. The number of aryl methyl sites for hydroxylation is 1. The minimum Gasteiger partial charge on any atom is -0.348 e. The number of halogens is 1. The van der Waals surface area contributed by atoms with Crippen LogP contribution in [0.25, 0.3) is 0 Å². The van der Waals surface area contributed by atoms with Crippen LogP contribution in [0.1, 0.15) is 47.7 Å². The average Bonchev–Trinajstić information content (AvgIpc) is 3.61. The average molecular weight is 631 g/mol. The Hall–Kier alpha value is -4.05. The van der Waals surface area contributed by atoms with Gasteiger partial charge in [-0.15, -0.1) is 0 Å². The zero-order chi connectivity index (χ0) is 30.9. The maximum Gasteiger partial charge on any atom is 0.247 e. The van der Waals surface area contributed by atoms with E-state index in [-0.39, 0.29) is 36.2 Å². The van der Waals surface area contributed by atoms with Gasteiger partial charge in [0.05, 0.1) is 17.1 Å². The molecule has 8 nitrogen and oxygen atoms in total. The van der Waals surface area contributed by atoms with Gasteiger partial charge in [-0.05, 0) is 72.4 Å². The lowest BCUT2D eigenvalue weighted by Crippen LogP contribution is -2.43. The van der Waals surface area contributed by atoms with Gasteiger partial charge in [-0.1, -0.05) is 72.3 Å². The predicted molar refractivity (Wildman–Crippen MR) is 170 cm³/mol. The maximum atomic E-state index is 14.0. The zero-order valence-corrected chi connectivity index (χ0v) is 25.9. The van der Waals surface area contributed by atoms with E-state index in [0.717, 1.165) is 24.0 Å². The molecule has 228 valence electrons. The first-order valence-electron chi connectivity index (χ1n) is 14.7. The van der Waals surface area contributed by atoms with Gasteiger partial charge in [-0.2, -0.15) is 4.31 Å². The van der Waals surface area contributed by atoms with E-state index in [2.05, 4.69) is 10.3 Å². The van der Waals surface area contributed by atoms with Gasteiger partial charge in [0.25, 0.3) is 0 Å². The highest BCUT2D eigenvalue weighted by atomic mass is 35.5. The van der Waals surface area contributed by atoms with Gasteiger partial charge in [0.2, 0.25) is 21.8 Å². The molecule has 1 saturated heterocycles. The molecule has 1 fully saturated rings. The van der Waals surface area contributed by atoms with Crippen LogP contribution >= 0.6 is 11.6 Å². The van der Waals surface area contributed by atoms with Gasteiger partial charge >= 0.3 is 0 Å². The van der Waals surface area contributed by atoms with Crippen LogP contribution in [-0.2, 0) is 39.1 Å². The van der Waals surface area contributed by atoms with Gasteiger partial charge in [-0.3, -0.25) is 14.6 Å². The van der Waals surface area contributed by atoms with Crippen LogP contribution in [-0.4, -0.2) is 47.5 Å². The number of carbonyl (C=O) groups excluding carboxylic acids is 2. The van der Waals surface area contributed by atoms with E-state index in [0.29, 0.717) is 35.8 Å². The molecule has 10 heteroatoms. The Kier molecular flexibility index (Phi) is 10.4. The van der Waals surface area contributed by atoms with E-state index >= 15 is 0 Å². The zero-order valence-electron chi connectivity index (χ0n) is 24.3. The second-order valence-corrected chi connectivity index (χ2v) is 13.1. The van der Waals surface area contributed by atoms with Crippen LogP contribution in [0.15, 0.2) is 108 Å². The first kappa shape index (κ1) is 31.4. The number of aromatic nitrogens is 1. The lowest BCUT2D eigenvalue weighted by Gasteiger charge is -2.32. The van der Waals surface area contributed by atoms with E-state index in [1.165, 1.54) is 4.31 Å². The fourth-order valence-corrected chi connectivity index (χ4v) is 6.94. The van der Waals surface area contributed by atoms with Crippen molar-refractivity contribution in [1.82, 2.24) is 19.5 Å². The van der Waals surface area contributed by atoms with Crippen molar-refractivity contribution >= 4 is 33.4 Å². The highest BCUT2D eigenvalue weighted by Crippen LogP contribution is 2.26. The smallest absolute Gasteiger partial charge is 0.247 e. The molecule has 1 N–H and O–H groups in total. The van der Waals surface area contributed by atoms with Gasteiger partial charge in [0.15, 0.2) is 0 Å². The molecular formula is C34H35ClN4O4S. The van der Waals surface area contributed by atoms with Gasteiger partial charge in [0.1, 0.15) is 6.04 Å². The van der Waals surface area contributed by atoms with Crippen molar-refractivity contribution in [2.45, 2.75) is 49.7 Å². The SMILES string of the molecule is O=C(NCc1ccccn1)[C@@H](c1ccccc1)N(Cc1ccc(Cl)cc1)C(=O)CCc1ccc(S(=O)(=O)N2CCCC2)cc1. The third-order valence-corrected chi connectivity index (χ3v) is 9.85. The molecule has 5 rings (SSSR count). The third kappa shape index (κ3) is 7.91. The molecule has 1 aliphatic heterocycles. The third-order valence-electron chi connectivity index (χ3n) is 7.69. The summed E-state index contributed by atoms with van der Waals surface area (Å²) in [6, 6.07) is 27.8. The first-order valence-corrected chi connectivity index (χ1v) is 16.5. The van der Waals surface area contributed by atoms with Crippen LogP contribution in [0, 0.1) is 0 Å². The highest BCUT2D eigenvalue weighted by Gasteiger charge is 2.32. The Balaban J connectivity index is 1.37. The van der Waals surface area contributed by atoms with Crippen LogP contribution < -0.4 is 5.32 Å². The quantitative estimate of drug-likeness (QED) is 0.222. The van der Waals surface area contributed by atoms with E-state index < -0.39 is 16.1 Å². The summed E-state index contributed by atoms with van der Waals surface area (Å²) >= 11 is 6.12. The van der Waals surface area contributed by atoms with Gasteiger partial charge in [0, 0.05) is 37.3 Å². The maximum absolute atomic E-state index is 14.0. The summed E-state index contributed by atoms with van der Waals surface area (Å²) in [4.78, 5) is 33.9. The molecule has 0 bridgehead atoms. The number of benzene rings is 3. The normalized spacial score (nSPS) is 14.2. The summed E-state index contributed by atoms with van der Waals surface area (Å²) in [6.45, 7) is 1.50. The van der Waals surface area contributed by atoms with Crippen molar-refractivity contribution in [3.8, 4) is 0 Å². The number of pyridine rings is 1. The van der Waals surface area contributed by atoms with Crippen molar-refractivity contribution in [3.05, 3.63) is 131 Å². The molecule has 0 saturated carbocycles. The van der Waals surface area contributed by atoms with Crippen LogP contribution in [0.3, 0.4) is 0 Å². The summed E-state index contributed by atoms with van der Waals surface area (Å²) in [5.41, 5.74) is 3.06. The van der Waals surface area contributed by atoms with E-state index in [9.17, 15) is 18.0 Å². The minimum atomic E-state index is -3.52. The Morgan fingerprint density at radius 2 is 1.52 bits per heavy atom. The first-order chi connectivity index (χ1) is 21.3. The molecule has 3 aromatic carbocycles. The molecular weight excluding hydrogens is 596 g/mol. The van der Waals surface area contributed by atoms with Crippen molar-refractivity contribution in [3.63, 3.8) is 0 Å². The van der Waals surface area contributed by atoms with E-state index in [4.69, 9.17) is 11.6 Å². The van der Waals surface area contributed by atoms with Crippen molar-refractivity contribution < 1.29 is 18.0 Å². The number of nitrogens with one attached hydrogen (secondary N) is 1. The fourth-order valence-electron chi connectivity index (χ4n) is 5.30. The molecule has 4 aromatic rings. The largest absolute Gasteiger partial charge is 0.348 e. The Bertz CT molecular complexity index is 1650. The van der Waals surface area contributed by atoms with Crippen molar-refractivity contribution in [2.24, 2.45) is 0 Å². The van der Waals surface area contributed by atoms with Gasteiger partial charge < -0.3 is 10.2 Å². The van der Waals surface area contributed by atoms with Crippen LogP contribution in [0.4, 0.5) is 0 Å². The van der Waals surface area contributed by atoms with Gasteiger partial charge in [-0.25, -0.2) is 8.42 Å². The molecule has 0 unspecified atom stereocenters. The second kappa shape index (κ2) is 14.6. The Morgan fingerprint density at radius 3 is 2.18 bits per heavy atom. The molecule has 2 amide bonds. The topological polar surface area (TPSA) is 99.7 Å². The standard InChI is InChI=1S/C34H35ClN4O4S/c35-29-16-11-27(12-17-29)25-39(33(28-8-2-1-3-9-28)34(41)37-24-30-10-4-5-21-36-30)32(40)20-15-26-13-18-31(19-14-26)44(42,43)38-22-6-7-23-38/h1-5,8-14,16-19,21,33H,6-7,15,20,22-25H2,(H,37,41)/t33-/m1/s1. The summed E-state index contributed by atoms with van der Waals surface area (Å²) in [6.07, 6.45) is 3.93. The Morgan fingerprint density at radius 1 is 0.864 bits per heavy atom. The minimum absolute atomic E-state index is 0.128. The number of hydrogen-bond donors (Lipinski definition) is 1. The molecule has 0 radical (unpaired) electrons. The van der Waals surface area contributed by atoms with E-state index in [1.54, 1.807) is 47.5 Å². The molecule has 1 atom stereocenters. The molecule has 2 heterocycles. The number of nitrogens with zero attached hydrogens (tertiary/aromatic N) is 3. The molecule has 1 aliphatic rings. The van der Waals surface area contributed by atoms with Crippen LogP contribution in [0.5, 0.6) is 0 Å². The Labute approximate surface area is 263 Å². The molecule has 0 aliphatic carbocycles. The number of amides is 2. The van der Waals surface area contributed by atoms with Crippen molar-refractivity contribution in [1.29, 1.82) is 0 Å². The number of sulfonamides is 1. The number of rotatable bonds is 12.